The van der Waals surface area contributed by atoms with Crippen molar-refractivity contribution in [2.45, 2.75) is 24.7 Å². The number of benzene rings is 1. The van der Waals surface area contributed by atoms with Gasteiger partial charge >= 0.3 is 0 Å². The number of nitrogens with two attached hydrogens (primary N) is 1. The van der Waals surface area contributed by atoms with Gasteiger partial charge in [-0.15, -0.1) is 0 Å². The average molecular weight is 193 g/mol. The first-order valence-electron chi connectivity index (χ1n) is 4.94. The molecule has 0 radical (unpaired) electrons. The highest BCUT2D eigenvalue weighted by atomic mass is 19.1. The van der Waals surface area contributed by atoms with Crippen LogP contribution in [0.4, 0.5) is 10.1 Å². The van der Waals surface area contributed by atoms with Crippen LogP contribution < -0.4 is 10.5 Å². The molecule has 1 fully saturated rings. The summed E-state index contributed by atoms with van der Waals surface area (Å²) >= 11 is 0. The van der Waals surface area contributed by atoms with Crippen LogP contribution in [-0.2, 0) is 5.41 Å². The summed E-state index contributed by atoms with van der Waals surface area (Å²) in [5.41, 5.74) is 7.35. The van der Waals surface area contributed by atoms with Gasteiger partial charge in [0.1, 0.15) is 11.6 Å². The normalized spacial score (nSPS) is 21.5. The second-order valence-corrected chi connectivity index (χ2v) is 4.25. The van der Waals surface area contributed by atoms with Gasteiger partial charge in [0.2, 0.25) is 0 Å². The first-order valence-corrected chi connectivity index (χ1v) is 4.94. The summed E-state index contributed by atoms with van der Waals surface area (Å²) < 4.78 is 18.7. The molecule has 3 heteroatoms. The van der Waals surface area contributed by atoms with Gasteiger partial charge in [-0.1, -0.05) is 0 Å². The van der Waals surface area contributed by atoms with Crippen LogP contribution >= 0.6 is 0 Å². The molecule has 2 nitrogen and oxygen atoms in total. The van der Waals surface area contributed by atoms with Gasteiger partial charge in [0.25, 0.3) is 0 Å². The van der Waals surface area contributed by atoms with E-state index in [4.69, 9.17) is 10.5 Å². The van der Waals surface area contributed by atoms with E-state index in [1.54, 1.807) is 6.07 Å². The summed E-state index contributed by atoms with van der Waals surface area (Å²) in [4.78, 5) is 0. The Kier molecular flexibility index (Phi) is 1.39. The summed E-state index contributed by atoms with van der Waals surface area (Å²) in [6.07, 6.45) is 3.29. The summed E-state index contributed by atoms with van der Waals surface area (Å²) in [7, 11) is 0. The van der Waals surface area contributed by atoms with Crippen LogP contribution in [0.1, 0.15) is 24.8 Å². The Labute approximate surface area is 81.9 Å². The van der Waals surface area contributed by atoms with Crippen LogP contribution in [0.3, 0.4) is 0 Å². The Morgan fingerprint density at radius 1 is 1.29 bits per heavy atom. The fourth-order valence-corrected chi connectivity index (χ4v) is 2.32. The number of rotatable bonds is 0. The first-order chi connectivity index (χ1) is 6.71. The molecule has 1 saturated carbocycles. The van der Waals surface area contributed by atoms with E-state index in [2.05, 4.69) is 0 Å². The van der Waals surface area contributed by atoms with E-state index in [0.717, 1.165) is 30.6 Å². The molecule has 0 atom stereocenters. The summed E-state index contributed by atoms with van der Waals surface area (Å²) in [6, 6.07) is 2.91. The third-order valence-electron chi connectivity index (χ3n) is 3.33. The van der Waals surface area contributed by atoms with Gasteiger partial charge in [-0.2, -0.15) is 0 Å². The molecule has 1 aromatic carbocycles. The Bertz CT molecular complexity index is 399. The topological polar surface area (TPSA) is 35.2 Å². The molecule has 74 valence electrons. The van der Waals surface area contributed by atoms with Crippen LogP contribution in [0.15, 0.2) is 12.1 Å². The monoisotopic (exact) mass is 193 g/mol. The third-order valence-corrected chi connectivity index (χ3v) is 3.33. The molecule has 1 heterocycles. The second kappa shape index (κ2) is 2.41. The number of anilines is 1. The zero-order valence-corrected chi connectivity index (χ0v) is 7.85. The lowest BCUT2D eigenvalue weighted by atomic mass is 9.89. The van der Waals surface area contributed by atoms with Crippen molar-refractivity contribution < 1.29 is 9.13 Å². The quantitative estimate of drug-likeness (QED) is 0.641. The average Bonchev–Trinajstić information content (AvgIpc) is 2.88. The van der Waals surface area contributed by atoms with Crippen molar-refractivity contribution in [3.05, 3.63) is 23.5 Å². The molecule has 0 aromatic heterocycles. The molecule has 14 heavy (non-hydrogen) atoms. The van der Waals surface area contributed by atoms with Gasteiger partial charge in [-0.3, -0.25) is 0 Å². The molecule has 1 aliphatic heterocycles. The lowest BCUT2D eigenvalue weighted by Crippen LogP contribution is -2.21. The molecule has 2 aliphatic rings. The van der Waals surface area contributed by atoms with Crippen LogP contribution in [0.2, 0.25) is 0 Å². The van der Waals surface area contributed by atoms with E-state index in [1.807, 2.05) is 0 Å². The number of nitrogen functional groups attached to an aromatic ring is 1. The summed E-state index contributed by atoms with van der Waals surface area (Å²) in [6.45, 7) is 0.711. The molecule has 0 saturated heterocycles. The molecule has 0 bridgehead atoms. The molecular weight excluding hydrogens is 181 g/mol. The van der Waals surface area contributed by atoms with Crippen molar-refractivity contribution >= 4 is 5.69 Å². The Morgan fingerprint density at radius 3 is 2.79 bits per heavy atom. The molecule has 0 amide bonds. The van der Waals surface area contributed by atoms with Crippen molar-refractivity contribution in [3.8, 4) is 5.75 Å². The molecule has 1 aliphatic carbocycles. The zero-order chi connectivity index (χ0) is 9.76. The van der Waals surface area contributed by atoms with Crippen LogP contribution in [0.5, 0.6) is 5.75 Å². The van der Waals surface area contributed by atoms with Gasteiger partial charge in [0.05, 0.1) is 12.3 Å². The number of hydrogen-bond acceptors (Lipinski definition) is 2. The maximum Gasteiger partial charge on any atom is 0.146 e. The number of fused-ring (bicyclic) bond motifs is 2. The summed E-state index contributed by atoms with van der Waals surface area (Å²) in [5, 5.41) is 0. The standard InChI is InChI=1S/C11H12FNO/c12-7-5-8-10(9(13)6-7)14-4-3-11(8)1-2-11/h5-6H,1-4,13H2. The van der Waals surface area contributed by atoms with Gasteiger partial charge in [-0.25, -0.2) is 4.39 Å². The van der Waals surface area contributed by atoms with Gasteiger partial charge in [-0.05, 0) is 25.3 Å². The van der Waals surface area contributed by atoms with Crippen LogP contribution in [0, 0.1) is 5.82 Å². The maximum absolute atomic E-state index is 13.2. The van der Waals surface area contributed by atoms with Crippen molar-refractivity contribution in [1.82, 2.24) is 0 Å². The van der Waals surface area contributed by atoms with Gasteiger partial charge < -0.3 is 10.5 Å². The van der Waals surface area contributed by atoms with E-state index >= 15 is 0 Å². The highest BCUT2D eigenvalue weighted by Crippen LogP contribution is 2.57. The minimum absolute atomic E-state index is 0.198. The lowest BCUT2D eigenvalue weighted by molar-refractivity contribution is 0.261. The van der Waals surface area contributed by atoms with Crippen molar-refractivity contribution in [1.29, 1.82) is 0 Å². The fourth-order valence-electron chi connectivity index (χ4n) is 2.32. The molecular formula is C11H12FNO. The van der Waals surface area contributed by atoms with E-state index in [9.17, 15) is 4.39 Å². The van der Waals surface area contributed by atoms with Gasteiger partial charge in [0.15, 0.2) is 0 Å². The van der Waals surface area contributed by atoms with Crippen LogP contribution in [-0.4, -0.2) is 6.61 Å². The zero-order valence-electron chi connectivity index (χ0n) is 7.85. The predicted molar refractivity (Wildman–Crippen MR) is 51.8 cm³/mol. The Balaban J connectivity index is 2.21. The van der Waals surface area contributed by atoms with E-state index in [-0.39, 0.29) is 11.2 Å². The predicted octanol–water partition coefficient (Wildman–Crippen LogP) is 2.22. The van der Waals surface area contributed by atoms with Crippen molar-refractivity contribution in [3.63, 3.8) is 0 Å². The van der Waals surface area contributed by atoms with E-state index < -0.39 is 0 Å². The number of ether oxygens (including phenoxy) is 1. The SMILES string of the molecule is Nc1cc(F)cc2c1OCCC21CC1. The third kappa shape index (κ3) is 0.953. The molecule has 0 unspecified atom stereocenters. The largest absolute Gasteiger partial charge is 0.491 e. The Hall–Kier alpha value is -1.25. The molecule has 2 N–H and O–H groups in total. The maximum atomic E-state index is 13.2. The van der Waals surface area contributed by atoms with Crippen LogP contribution in [0.25, 0.3) is 0 Å². The minimum atomic E-state index is -0.252. The molecule has 1 aromatic rings. The molecule has 3 rings (SSSR count). The smallest absolute Gasteiger partial charge is 0.146 e. The summed E-state index contributed by atoms with van der Waals surface area (Å²) in [5.74, 6) is 0.466. The fraction of sp³-hybridized carbons (Fsp3) is 0.455. The van der Waals surface area contributed by atoms with Gasteiger partial charge in [0, 0.05) is 17.0 Å². The Morgan fingerprint density at radius 2 is 2.07 bits per heavy atom. The first kappa shape index (κ1) is 8.09. The number of hydrogen-bond donors (Lipinski definition) is 1. The lowest BCUT2D eigenvalue weighted by Gasteiger charge is -2.26. The van der Waals surface area contributed by atoms with Crippen molar-refractivity contribution in [2.75, 3.05) is 12.3 Å². The van der Waals surface area contributed by atoms with E-state index in [0.29, 0.717) is 12.3 Å². The second-order valence-electron chi connectivity index (χ2n) is 4.25. The number of halogens is 1. The molecule has 1 spiro atoms. The minimum Gasteiger partial charge on any atom is -0.491 e. The van der Waals surface area contributed by atoms with Crippen molar-refractivity contribution in [2.24, 2.45) is 0 Å². The highest BCUT2D eigenvalue weighted by Gasteiger charge is 2.48. The van der Waals surface area contributed by atoms with E-state index in [1.165, 1.54) is 6.07 Å². The highest BCUT2D eigenvalue weighted by molar-refractivity contribution is 5.61.